The lowest BCUT2D eigenvalue weighted by molar-refractivity contribution is -0.192. The molecule has 0 radical (unpaired) electrons. The molecule has 1 aromatic heterocycles. The number of ether oxygens (including phenoxy) is 1. The fraction of sp³-hybridized carbons (Fsp3) is 0.192. The number of nitrogens with one attached hydrogen (secondary N) is 1. The topological polar surface area (TPSA) is 88.5 Å². The highest BCUT2D eigenvalue weighted by Crippen LogP contribution is 2.31. The van der Waals surface area contributed by atoms with Gasteiger partial charge in [-0.25, -0.2) is 4.79 Å². The quantitative estimate of drug-likeness (QED) is 0.325. The number of hydrogen-bond acceptors (Lipinski definition) is 4. The largest absolute Gasteiger partial charge is 0.497 e. The van der Waals surface area contributed by atoms with Crippen LogP contribution in [0.5, 0.6) is 5.75 Å². The normalized spacial score (nSPS) is 11.7. The van der Waals surface area contributed by atoms with E-state index in [2.05, 4.69) is 22.1 Å². The van der Waals surface area contributed by atoms with Crippen molar-refractivity contribution in [3.63, 3.8) is 0 Å². The van der Waals surface area contributed by atoms with E-state index in [9.17, 15) is 31.1 Å². The van der Waals surface area contributed by atoms with Crippen molar-refractivity contribution in [3.8, 4) is 17.6 Å². The number of aromatic nitrogens is 1. The number of carboxylic acid groups (broad SMARTS) is 1. The summed E-state index contributed by atoms with van der Waals surface area (Å²) in [6.45, 7) is 1.67. The Labute approximate surface area is 213 Å². The zero-order chi connectivity index (χ0) is 28.5. The van der Waals surface area contributed by atoms with Crippen molar-refractivity contribution < 1.29 is 45.8 Å². The van der Waals surface area contributed by atoms with E-state index in [-0.39, 0.29) is 0 Å². The van der Waals surface area contributed by atoms with Crippen LogP contribution in [0.25, 0.3) is 0 Å². The first kappa shape index (κ1) is 29.7. The second kappa shape index (κ2) is 12.6. The zero-order valence-electron chi connectivity index (χ0n) is 19.8. The molecule has 0 saturated carbocycles. The zero-order valence-corrected chi connectivity index (χ0v) is 19.8. The molecule has 38 heavy (non-hydrogen) atoms. The van der Waals surface area contributed by atoms with Gasteiger partial charge in [0, 0.05) is 17.3 Å². The third kappa shape index (κ3) is 8.26. The minimum absolute atomic E-state index is 0.372. The summed E-state index contributed by atoms with van der Waals surface area (Å²) < 4.78 is 75.8. The SMILES string of the molecule is CC#Cc1cccnc1[C@@H](NC(=O)c1ccc(OC)cc1)c1ccc(C(F)(F)F)cc1.O=C(O)C(F)(F)F. The number of aliphatic carboxylic acids is 1. The van der Waals surface area contributed by atoms with E-state index in [0.29, 0.717) is 28.1 Å². The average molecular weight is 538 g/mol. The maximum Gasteiger partial charge on any atom is 0.490 e. The lowest BCUT2D eigenvalue weighted by atomic mass is 9.97. The van der Waals surface area contributed by atoms with Gasteiger partial charge in [0.25, 0.3) is 5.91 Å². The van der Waals surface area contributed by atoms with Crippen molar-refractivity contribution >= 4 is 11.9 Å². The molecule has 12 heteroatoms. The van der Waals surface area contributed by atoms with Crippen LogP contribution >= 0.6 is 0 Å². The van der Waals surface area contributed by atoms with Crippen molar-refractivity contribution in [2.75, 3.05) is 7.11 Å². The summed E-state index contributed by atoms with van der Waals surface area (Å²) in [5.41, 5.74) is 1.07. The molecule has 0 bridgehead atoms. The monoisotopic (exact) mass is 538 g/mol. The summed E-state index contributed by atoms with van der Waals surface area (Å²) in [5.74, 6) is 3.15. The van der Waals surface area contributed by atoms with Crippen molar-refractivity contribution in [2.24, 2.45) is 0 Å². The summed E-state index contributed by atoms with van der Waals surface area (Å²) >= 11 is 0. The number of alkyl halides is 6. The van der Waals surface area contributed by atoms with Gasteiger partial charge >= 0.3 is 18.3 Å². The van der Waals surface area contributed by atoms with Crippen molar-refractivity contribution in [3.05, 3.63) is 94.8 Å². The molecular weight excluding hydrogens is 518 g/mol. The highest BCUT2D eigenvalue weighted by atomic mass is 19.4. The molecule has 0 aliphatic carbocycles. The Morgan fingerprint density at radius 2 is 1.55 bits per heavy atom. The molecule has 200 valence electrons. The molecule has 1 amide bonds. The first-order valence-corrected chi connectivity index (χ1v) is 10.6. The van der Waals surface area contributed by atoms with Crippen LogP contribution in [0.1, 0.15) is 45.7 Å². The van der Waals surface area contributed by atoms with Gasteiger partial charge < -0.3 is 15.2 Å². The van der Waals surface area contributed by atoms with Crippen LogP contribution in [-0.2, 0) is 11.0 Å². The first-order valence-electron chi connectivity index (χ1n) is 10.6. The van der Waals surface area contributed by atoms with Gasteiger partial charge in [-0.3, -0.25) is 9.78 Å². The number of hydrogen-bond donors (Lipinski definition) is 2. The van der Waals surface area contributed by atoms with E-state index >= 15 is 0 Å². The first-order chi connectivity index (χ1) is 17.8. The molecule has 1 atom stereocenters. The Hall–Kier alpha value is -4.53. The Bertz CT molecular complexity index is 1310. The van der Waals surface area contributed by atoms with Gasteiger partial charge in [-0.2, -0.15) is 26.3 Å². The lowest BCUT2D eigenvalue weighted by Gasteiger charge is -2.21. The number of amides is 1. The molecule has 0 aliphatic rings. The van der Waals surface area contributed by atoms with Gasteiger partial charge in [0.15, 0.2) is 0 Å². The Kier molecular flexibility index (Phi) is 9.87. The summed E-state index contributed by atoms with van der Waals surface area (Å²) in [5, 5.41) is 9.99. The molecule has 2 aromatic carbocycles. The van der Waals surface area contributed by atoms with E-state index in [0.717, 1.165) is 12.1 Å². The lowest BCUT2D eigenvalue weighted by Crippen LogP contribution is -2.30. The molecule has 1 heterocycles. The number of halogens is 6. The van der Waals surface area contributed by atoms with Crippen molar-refractivity contribution in [2.45, 2.75) is 25.3 Å². The van der Waals surface area contributed by atoms with Crippen LogP contribution in [0.3, 0.4) is 0 Å². The minimum atomic E-state index is -5.08. The van der Waals surface area contributed by atoms with Gasteiger partial charge in [-0.15, -0.1) is 5.92 Å². The average Bonchev–Trinajstić information content (AvgIpc) is 2.87. The fourth-order valence-corrected chi connectivity index (χ4v) is 3.02. The number of carboxylic acids is 1. The van der Waals surface area contributed by atoms with Gasteiger partial charge in [-0.05, 0) is 61.0 Å². The number of benzene rings is 2. The van der Waals surface area contributed by atoms with Gasteiger partial charge in [0.05, 0.1) is 24.4 Å². The Balaban J connectivity index is 0.000000638. The number of pyridine rings is 1. The standard InChI is InChI=1S/C24H19F3N2O2.C2HF3O2/c1-3-5-16-6-4-15-28-21(16)22(17-7-11-19(12-8-17)24(25,26)27)29-23(30)18-9-13-20(31-2)14-10-18;3-2(4,5)1(6)7/h4,6-15,22H,1-2H3,(H,29,30);(H,6,7)/t22-;/m0./s1. The number of carbonyl (C=O) groups excluding carboxylic acids is 1. The Morgan fingerprint density at radius 3 is 2.03 bits per heavy atom. The van der Waals surface area contributed by atoms with E-state index in [1.165, 1.54) is 19.2 Å². The highest BCUT2D eigenvalue weighted by molar-refractivity contribution is 5.94. The molecule has 2 N–H and O–H groups in total. The summed E-state index contributed by atoms with van der Waals surface area (Å²) in [6, 6.07) is 13.8. The van der Waals surface area contributed by atoms with Crippen molar-refractivity contribution in [1.29, 1.82) is 0 Å². The molecule has 3 rings (SSSR count). The van der Waals surface area contributed by atoms with Gasteiger partial charge in [0.1, 0.15) is 5.75 Å². The predicted octanol–water partition coefficient (Wildman–Crippen LogP) is 5.63. The fourth-order valence-electron chi connectivity index (χ4n) is 3.02. The summed E-state index contributed by atoms with van der Waals surface area (Å²) in [7, 11) is 1.52. The number of methoxy groups -OCH3 is 1. The Morgan fingerprint density at radius 1 is 0.974 bits per heavy atom. The number of rotatable bonds is 5. The van der Waals surface area contributed by atoms with E-state index in [4.69, 9.17) is 14.6 Å². The van der Waals surface area contributed by atoms with Crippen LogP contribution in [0.15, 0.2) is 66.9 Å². The van der Waals surface area contributed by atoms with Crippen LogP contribution in [0.4, 0.5) is 26.3 Å². The van der Waals surface area contributed by atoms with E-state index in [1.54, 1.807) is 49.5 Å². The molecule has 0 aliphatic heterocycles. The predicted molar refractivity (Wildman–Crippen MR) is 124 cm³/mol. The van der Waals surface area contributed by atoms with E-state index in [1.807, 2.05) is 0 Å². The molecule has 0 unspecified atom stereocenters. The van der Waals surface area contributed by atoms with Crippen LogP contribution in [-0.4, -0.2) is 35.3 Å². The van der Waals surface area contributed by atoms with Gasteiger partial charge in [0.2, 0.25) is 0 Å². The summed E-state index contributed by atoms with van der Waals surface area (Å²) in [4.78, 5) is 26.2. The van der Waals surface area contributed by atoms with E-state index < -0.39 is 35.8 Å². The second-order valence-electron chi connectivity index (χ2n) is 7.37. The van der Waals surface area contributed by atoms with Crippen LogP contribution < -0.4 is 10.1 Å². The third-order valence-corrected chi connectivity index (χ3v) is 4.81. The molecular formula is C26H20F6N2O4. The highest BCUT2D eigenvalue weighted by Gasteiger charge is 2.38. The third-order valence-electron chi connectivity index (χ3n) is 4.81. The molecule has 0 saturated heterocycles. The maximum atomic E-state index is 13.0. The molecule has 3 aromatic rings. The smallest absolute Gasteiger partial charge is 0.490 e. The van der Waals surface area contributed by atoms with Crippen LogP contribution in [0.2, 0.25) is 0 Å². The number of carbonyl (C=O) groups is 2. The maximum absolute atomic E-state index is 13.0. The second-order valence-corrected chi connectivity index (χ2v) is 7.37. The van der Waals surface area contributed by atoms with Crippen molar-refractivity contribution in [1.82, 2.24) is 10.3 Å². The summed E-state index contributed by atoms with van der Waals surface area (Å²) in [6.07, 6.45) is -7.99. The van der Waals surface area contributed by atoms with Crippen LogP contribution in [0, 0.1) is 11.8 Å². The van der Waals surface area contributed by atoms with Gasteiger partial charge in [-0.1, -0.05) is 18.1 Å². The molecule has 6 nitrogen and oxygen atoms in total. The molecule has 0 fully saturated rings. The number of nitrogens with zero attached hydrogens (tertiary/aromatic N) is 1. The molecule has 0 spiro atoms. The minimum Gasteiger partial charge on any atom is -0.497 e.